The number of aromatic nitrogens is 1. The molecule has 0 radical (unpaired) electrons. The van der Waals surface area contributed by atoms with E-state index in [0.717, 1.165) is 17.0 Å². The molecule has 2 heterocycles. The van der Waals surface area contributed by atoms with E-state index in [-0.39, 0.29) is 6.17 Å². The average Bonchev–Trinajstić information content (AvgIpc) is 2.72. The smallest absolute Gasteiger partial charge is 0.151 e. The number of aliphatic imine (C=N–C) groups is 1. The zero-order chi connectivity index (χ0) is 14.2. The molecular formula is C16H17N3O. The molecule has 1 N–H and O–H groups in total. The Labute approximate surface area is 118 Å². The van der Waals surface area contributed by atoms with E-state index in [2.05, 4.69) is 4.98 Å². The summed E-state index contributed by atoms with van der Waals surface area (Å²) in [4.78, 5) is 9.04. The highest BCUT2D eigenvalue weighted by Gasteiger charge is 2.44. The van der Waals surface area contributed by atoms with Gasteiger partial charge in [-0.2, -0.15) is 5.06 Å². The SMILES string of the molecule is CC1(C)C(c2ccccn2)=NC(c2ccccc2)N1O. The number of rotatable bonds is 2. The second kappa shape index (κ2) is 4.81. The van der Waals surface area contributed by atoms with Crippen molar-refractivity contribution in [1.29, 1.82) is 0 Å². The van der Waals surface area contributed by atoms with Crippen molar-refractivity contribution >= 4 is 5.71 Å². The van der Waals surface area contributed by atoms with Gasteiger partial charge in [0.25, 0.3) is 0 Å². The summed E-state index contributed by atoms with van der Waals surface area (Å²) in [5.41, 5.74) is 1.99. The van der Waals surface area contributed by atoms with Gasteiger partial charge in [-0.3, -0.25) is 9.98 Å². The summed E-state index contributed by atoms with van der Waals surface area (Å²) in [5.74, 6) is 0. The molecule has 0 spiro atoms. The first-order valence-electron chi connectivity index (χ1n) is 6.63. The first-order chi connectivity index (χ1) is 9.60. The maximum Gasteiger partial charge on any atom is 0.151 e. The van der Waals surface area contributed by atoms with Gasteiger partial charge in [-0.15, -0.1) is 0 Å². The molecule has 1 aliphatic rings. The molecule has 1 aromatic heterocycles. The van der Waals surface area contributed by atoms with Gasteiger partial charge in [0.1, 0.15) is 0 Å². The van der Waals surface area contributed by atoms with Crippen molar-refractivity contribution in [3.8, 4) is 0 Å². The molecule has 0 amide bonds. The van der Waals surface area contributed by atoms with E-state index in [0.29, 0.717) is 0 Å². The van der Waals surface area contributed by atoms with Crippen LogP contribution in [0.2, 0.25) is 0 Å². The summed E-state index contributed by atoms with van der Waals surface area (Å²) in [6.45, 7) is 3.90. The van der Waals surface area contributed by atoms with Gasteiger partial charge in [-0.1, -0.05) is 36.4 Å². The zero-order valence-corrected chi connectivity index (χ0v) is 11.6. The number of hydrogen-bond donors (Lipinski definition) is 1. The van der Waals surface area contributed by atoms with E-state index in [1.54, 1.807) is 6.20 Å². The minimum Gasteiger partial charge on any atom is -0.311 e. The van der Waals surface area contributed by atoms with Crippen LogP contribution >= 0.6 is 0 Å². The molecule has 102 valence electrons. The largest absolute Gasteiger partial charge is 0.311 e. The molecule has 4 nitrogen and oxygen atoms in total. The zero-order valence-electron chi connectivity index (χ0n) is 11.6. The highest BCUT2D eigenvalue weighted by molar-refractivity contribution is 6.06. The van der Waals surface area contributed by atoms with Crippen molar-refractivity contribution in [2.75, 3.05) is 0 Å². The van der Waals surface area contributed by atoms with E-state index in [1.807, 2.05) is 62.4 Å². The van der Waals surface area contributed by atoms with Crippen LogP contribution in [0.3, 0.4) is 0 Å². The fraction of sp³-hybridized carbons (Fsp3) is 0.250. The second-order valence-corrected chi connectivity index (χ2v) is 5.38. The summed E-state index contributed by atoms with van der Waals surface area (Å²) in [5, 5.41) is 11.8. The lowest BCUT2D eigenvalue weighted by atomic mass is 9.96. The summed E-state index contributed by atoms with van der Waals surface area (Å²) in [6, 6.07) is 15.5. The van der Waals surface area contributed by atoms with Crippen molar-refractivity contribution in [3.05, 3.63) is 66.0 Å². The monoisotopic (exact) mass is 267 g/mol. The number of nitrogens with zero attached hydrogens (tertiary/aromatic N) is 3. The standard InChI is InChI=1S/C16H17N3O/c1-16(2)14(13-10-6-7-11-17-13)18-15(19(16)20)12-8-4-3-5-9-12/h3-11,15,20H,1-2H3. The lowest BCUT2D eigenvalue weighted by molar-refractivity contribution is -0.159. The van der Waals surface area contributed by atoms with Gasteiger partial charge in [0.15, 0.2) is 6.17 Å². The highest BCUT2D eigenvalue weighted by Crippen LogP contribution is 2.36. The van der Waals surface area contributed by atoms with Crippen molar-refractivity contribution in [2.45, 2.75) is 25.6 Å². The number of benzene rings is 1. The molecule has 0 saturated carbocycles. The molecule has 4 heteroatoms. The highest BCUT2D eigenvalue weighted by atomic mass is 16.5. The van der Waals surface area contributed by atoms with E-state index >= 15 is 0 Å². The van der Waals surface area contributed by atoms with E-state index in [9.17, 15) is 5.21 Å². The van der Waals surface area contributed by atoms with Crippen molar-refractivity contribution < 1.29 is 5.21 Å². The maximum absolute atomic E-state index is 10.5. The molecule has 20 heavy (non-hydrogen) atoms. The molecule has 0 bridgehead atoms. The fourth-order valence-electron chi connectivity index (χ4n) is 2.47. The van der Waals surface area contributed by atoms with Crippen LogP contribution in [0, 0.1) is 0 Å². The summed E-state index contributed by atoms with van der Waals surface area (Å²) in [7, 11) is 0. The van der Waals surface area contributed by atoms with Crippen LogP contribution in [0.4, 0.5) is 0 Å². The van der Waals surface area contributed by atoms with Crippen LogP contribution in [-0.4, -0.2) is 26.5 Å². The molecule has 0 aliphatic carbocycles. The molecule has 0 saturated heterocycles. The third-order valence-electron chi connectivity index (χ3n) is 3.64. The third kappa shape index (κ3) is 2.03. The van der Waals surface area contributed by atoms with Crippen LogP contribution in [0.25, 0.3) is 0 Å². The van der Waals surface area contributed by atoms with Gasteiger partial charge < -0.3 is 5.21 Å². The Morgan fingerprint density at radius 1 is 1.05 bits per heavy atom. The molecule has 0 fully saturated rings. The lowest BCUT2D eigenvalue weighted by Gasteiger charge is -2.30. The Bertz CT molecular complexity index is 623. The van der Waals surface area contributed by atoms with Crippen molar-refractivity contribution in [2.24, 2.45) is 4.99 Å². The predicted molar refractivity (Wildman–Crippen MR) is 77.7 cm³/mol. The summed E-state index contributed by atoms with van der Waals surface area (Å²) in [6.07, 6.45) is 1.36. The Kier molecular flexibility index (Phi) is 3.12. The Hall–Kier alpha value is -2.04. The van der Waals surface area contributed by atoms with E-state index in [4.69, 9.17) is 4.99 Å². The summed E-state index contributed by atoms with van der Waals surface area (Å²) >= 11 is 0. The first-order valence-corrected chi connectivity index (χ1v) is 6.63. The Morgan fingerprint density at radius 3 is 2.40 bits per heavy atom. The van der Waals surface area contributed by atoms with E-state index < -0.39 is 5.54 Å². The van der Waals surface area contributed by atoms with Gasteiger partial charge in [-0.25, -0.2) is 0 Å². The first kappa shape index (κ1) is 13.0. The van der Waals surface area contributed by atoms with Gasteiger partial charge in [0.2, 0.25) is 0 Å². The molecule has 1 aromatic carbocycles. The molecule has 3 rings (SSSR count). The summed E-state index contributed by atoms with van der Waals surface area (Å²) < 4.78 is 0. The molecule has 1 aliphatic heterocycles. The molecular weight excluding hydrogens is 250 g/mol. The minimum absolute atomic E-state index is 0.386. The molecule has 1 atom stereocenters. The Morgan fingerprint density at radius 2 is 1.75 bits per heavy atom. The second-order valence-electron chi connectivity index (χ2n) is 5.38. The predicted octanol–water partition coefficient (Wildman–Crippen LogP) is 3.05. The van der Waals surface area contributed by atoms with Crippen LogP contribution < -0.4 is 0 Å². The maximum atomic E-state index is 10.5. The van der Waals surface area contributed by atoms with Crippen molar-refractivity contribution in [1.82, 2.24) is 10.0 Å². The quantitative estimate of drug-likeness (QED) is 0.909. The number of pyridine rings is 1. The van der Waals surface area contributed by atoms with Gasteiger partial charge in [0.05, 0.1) is 16.9 Å². The van der Waals surface area contributed by atoms with Crippen LogP contribution in [0.15, 0.2) is 59.7 Å². The number of hydroxylamine groups is 2. The van der Waals surface area contributed by atoms with Gasteiger partial charge in [0, 0.05) is 6.20 Å². The van der Waals surface area contributed by atoms with Crippen LogP contribution in [0.5, 0.6) is 0 Å². The van der Waals surface area contributed by atoms with Crippen LogP contribution in [0.1, 0.15) is 31.3 Å². The van der Waals surface area contributed by atoms with E-state index in [1.165, 1.54) is 5.06 Å². The van der Waals surface area contributed by atoms with Crippen molar-refractivity contribution in [3.63, 3.8) is 0 Å². The van der Waals surface area contributed by atoms with Crippen LogP contribution in [-0.2, 0) is 0 Å². The topological polar surface area (TPSA) is 48.7 Å². The number of hydrogen-bond acceptors (Lipinski definition) is 4. The third-order valence-corrected chi connectivity index (χ3v) is 3.64. The molecule has 2 aromatic rings. The molecule has 1 unspecified atom stereocenters. The average molecular weight is 267 g/mol. The van der Waals surface area contributed by atoms with Gasteiger partial charge >= 0.3 is 0 Å². The lowest BCUT2D eigenvalue weighted by Crippen LogP contribution is -2.44. The fourth-order valence-corrected chi connectivity index (χ4v) is 2.47. The normalized spacial score (nSPS) is 21.8. The minimum atomic E-state index is -0.575. The van der Waals surface area contributed by atoms with Gasteiger partial charge in [-0.05, 0) is 31.5 Å². The Balaban J connectivity index is 2.05.